The van der Waals surface area contributed by atoms with Gasteiger partial charge >= 0.3 is 6.09 Å². The number of carbonyl (C=O) groups excluding carboxylic acids is 1. The number of imidazole rings is 1. The Morgan fingerprint density at radius 2 is 2.07 bits per heavy atom. The number of fused-ring (bicyclic) bond motifs is 1. The molecule has 0 spiro atoms. The van der Waals surface area contributed by atoms with Gasteiger partial charge in [0.2, 0.25) is 0 Å². The van der Waals surface area contributed by atoms with Crippen LogP contribution in [0, 0.1) is 0 Å². The van der Waals surface area contributed by atoms with Gasteiger partial charge in [0.15, 0.2) is 5.58 Å². The number of aromatic nitrogens is 3. The Labute approximate surface area is 180 Å². The van der Waals surface area contributed by atoms with E-state index in [9.17, 15) is 4.79 Å². The lowest BCUT2D eigenvalue weighted by Gasteiger charge is -2.39. The van der Waals surface area contributed by atoms with Crippen molar-refractivity contribution in [2.45, 2.75) is 39.3 Å². The molecule has 2 aromatic heterocycles. The molecule has 3 heterocycles. The Morgan fingerprint density at radius 3 is 2.70 bits per heavy atom. The van der Waals surface area contributed by atoms with Crippen LogP contribution in [0.3, 0.4) is 0 Å². The second-order valence-corrected chi connectivity index (χ2v) is 9.07. The van der Waals surface area contributed by atoms with E-state index < -0.39 is 5.60 Å². The molecule has 1 fully saturated rings. The fraction of sp³-hybridized carbons (Fsp3) is 0.476. The van der Waals surface area contributed by atoms with Crippen LogP contribution in [0.2, 0.25) is 5.02 Å². The average Bonchev–Trinajstić information content (AvgIpc) is 3.25. The van der Waals surface area contributed by atoms with Gasteiger partial charge in [-0.15, -0.1) is 0 Å². The molecule has 1 aromatic carbocycles. The second kappa shape index (κ2) is 7.50. The Morgan fingerprint density at radius 1 is 1.30 bits per heavy atom. The minimum Gasteiger partial charge on any atom is -0.444 e. The maximum absolute atomic E-state index is 12.4. The molecular weight excluding hydrogens is 406 g/mol. The third kappa shape index (κ3) is 3.96. The lowest BCUT2D eigenvalue weighted by molar-refractivity contribution is 0.0216. The van der Waals surface area contributed by atoms with E-state index in [0.29, 0.717) is 41.8 Å². The fourth-order valence-electron chi connectivity index (χ4n) is 3.63. The summed E-state index contributed by atoms with van der Waals surface area (Å²) in [6.07, 6.45) is 3.31. The van der Waals surface area contributed by atoms with Gasteiger partial charge in [0.25, 0.3) is 6.01 Å². The minimum absolute atomic E-state index is 0.0198. The number of carbonyl (C=O) groups is 1. The summed E-state index contributed by atoms with van der Waals surface area (Å²) in [5, 5.41) is 0.572. The SMILES string of the molecule is C[C@H]1CN(C(=O)OC(C)(C)C)CCN1c1nc2cc(Cl)cc(-c3nccn3C)c2o1. The predicted molar refractivity (Wildman–Crippen MR) is 116 cm³/mol. The first-order chi connectivity index (χ1) is 14.1. The molecule has 160 valence electrons. The molecule has 0 radical (unpaired) electrons. The number of hydrogen-bond donors (Lipinski definition) is 0. The smallest absolute Gasteiger partial charge is 0.410 e. The number of hydrogen-bond acceptors (Lipinski definition) is 6. The standard InChI is InChI=1S/C21H26ClN5O3/c1-13-12-26(20(28)30-21(2,3)4)8-9-27(13)19-24-16-11-14(22)10-15(17(16)29-19)18-23-6-7-25(18)5/h6-7,10-11,13H,8-9,12H2,1-5H3/t13-/m0/s1. The molecule has 0 unspecified atom stereocenters. The summed E-state index contributed by atoms with van der Waals surface area (Å²) in [7, 11) is 1.92. The average molecular weight is 432 g/mol. The molecule has 1 aliphatic heterocycles. The van der Waals surface area contributed by atoms with E-state index in [2.05, 4.69) is 14.9 Å². The number of piperazine rings is 1. The van der Waals surface area contributed by atoms with E-state index in [-0.39, 0.29) is 12.1 Å². The van der Waals surface area contributed by atoms with E-state index >= 15 is 0 Å². The number of ether oxygens (including phenoxy) is 1. The van der Waals surface area contributed by atoms with Gasteiger partial charge in [-0.3, -0.25) is 0 Å². The lowest BCUT2D eigenvalue weighted by atomic mass is 10.2. The van der Waals surface area contributed by atoms with E-state index in [4.69, 9.17) is 20.8 Å². The maximum atomic E-state index is 12.4. The monoisotopic (exact) mass is 431 g/mol. The van der Waals surface area contributed by atoms with Crippen LogP contribution in [0.4, 0.5) is 10.8 Å². The van der Waals surface area contributed by atoms with Crippen molar-refractivity contribution < 1.29 is 13.9 Å². The molecule has 8 nitrogen and oxygen atoms in total. The molecule has 1 aliphatic rings. The highest BCUT2D eigenvalue weighted by atomic mass is 35.5. The third-order valence-electron chi connectivity index (χ3n) is 5.03. The molecule has 1 saturated heterocycles. The summed E-state index contributed by atoms with van der Waals surface area (Å²) in [5.41, 5.74) is 1.60. The van der Waals surface area contributed by atoms with Crippen LogP contribution in [-0.2, 0) is 11.8 Å². The number of oxazole rings is 1. The molecule has 1 atom stereocenters. The van der Waals surface area contributed by atoms with Crippen molar-refractivity contribution in [3.05, 3.63) is 29.5 Å². The van der Waals surface area contributed by atoms with Crippen LogP contribution in [0.1, 0.15) is 27.7 Å². The first-order valence-corrected chi connectivity index (χ1v) is 10.3. The fourth-order valence-corrected chi connectivity index (χ4v) is 3.85. The molecular formula is C21H26ClN5O3. The number of anilines is 1. The quantitative estimate of drug-likeness (QED) is 0.601. The van der Waals surface area contributed by atoms with E-state index in [1.807, 2.05) is 51.6 Å². The number of halogens is 1. The highest BCUT2D eigenvalue weighted by molar-refractivity contribution is 6.31. The van der Waals surface area contributed by atoms with Crippen LogP contribution < -0.4 is 4.90 Å². The summed E-state index contributed by atoms with van der Waals surface area (Å²) in [6, 6.07) is 4.16. The molecule has 0 saturated carbocycles. The van der Waals surface area contributed by atoms with Crippen LogP contribution in [0.25, 0.3) is 22.5 Å². The number of benzene rings is 1. The highest BCUT2D eigenvalue weighted by Crippen LogP contribution is 2.34. The zero-order chi connectivity index (χ0) is 21.6. The first-order valence-electron chi connectivity index (χ1n) is 9.95. The van der Waals surface area contributed by atoms with Crippen LogP contribution in [0.5, 0.6) is 0 Å². The molecule has 4 rings (SSSR count). The van der Waals surface area contributed by atoms with Gasteiger partial charge in [-0.1, -0.05) is 11.6 Å². The third-order valence-corrected chi connectivity index (χ3v) is 5.25. The van der Waals surface area contributed by atoms with Gasteiger partial charge in [-0.25, -0.2) is 9.78 Å². The number of nitrogens with zero attached hydrogens (tertiary/aromatic N) is 5. The maximum Gasteiger partial charge on any atom is 0.410 e. The molecule has 0 aliphatic carbocycles. The van der Waals surface area contributed by atoms with E-state index in [1.165, 1.54) is 0 Å². The van der Waals surface area contributed by atoms with Gasteiger partial charge < -0.3 is 23.5 Å². The summed E-state index contributed by atoms with van der Waals surface area (Å²) < 4.78 is 13.6. The minimum atomic E-state index is -0.515. The molecule has 0 bridgehead atoms. The van der Waals surface area contributed by atoms with Crippen molar-refractivity contribution >= 4 is 34.8 Å². The molecule has 30 heavy (non-hydrogen) atoms. The molecule has 3 aromatic rings. The van der Waals surface area contributed by atoms with Crippen molar-refractivity contribution in [3.63, 3.8) is 0 Å². The van der Waals surface area contributed by atoms with E-state index in [1.54, 1.807) is 17.2 Å². The molecule has 9 heteroatoms. The van der Waals surface area contributed by atoms with Gasteiger partial charge in [0.05, 0.1) is 5.56 Å². The second-order valence-electron chi connectivity index (χ2n) is 8.63. The van der Waals surface area contributed by atoms with E-state index in [0.717, 1.165) is 11.4 Å². The number of amides is 1. The van der Waals surface area contributed by atoms with Crippen molar-refractivity contribution in [1.29, 1.82) is 0 Å². The van der Waals surface area contributed by atoms with Gasteiger partial charge in [-0.05, 0) is 39.8 Å². The summed E-state index contributed by atoms with van der Waals surface area (Å²) in [6.45, 7) is 9.30. The van der Waals surface area contributed by atoms with Crippen molar-refractivity contribution in [2.24, 2.45) is 7.05 Å². The van der Waals surface area contributed by atoms with Gasteiger partial charge in [0, 0.05) is 50.1 Å². The highest BCUT2D eigenvalue weighted by Gasteiger charge is 2.32. The molecule has 0 N–H and O–H groups in total. The largest absolute Gasteiger partial charge is 0.444 e. The zero-order valence-electron chi connectivity index (χ0n) is 17.8. The van der Waals surface area contributed by atoms with Crippen molar-refractivity contribution in [2.75, 3.05) is 24.5 Å². The Kier molecular flexibility index (Phi) is 5.13. The van der Waals surface area contributed by atoms with Crippen LogP contribution in [-0.4, -0.2) is 56.8 Å². The summed E-state index contributed by atoms with van der Waals surface area (Å²) >= 11 is 6.33. The Hall–Kier alpha value is -2.74. The summed E-state index contributed by atoms with van der Waals surface area (Å²) in [4.78, 5) is 25.3. The van der Waals surface area contributed by atoms with Gasteiger partial charge in [-0.2, -0.15) is 4.98 Å². The lowest BCUT2D eigenvalue weighted by Crippen LogP contribution is -2.54. The Balaban J connectivity index is 1.60. The van der Waals surface area contributed by atoms with Crippen molar-refractivity contribution in [3.8, 4) is 11.4 Å². The predicted octanol–water partition coefficient (Wildman–Crippen LogP) is 4.33. The van der Waals surface area contributed by atoms with Crippen molar-refractivity contribution in [1.82, 2.24) is 19.4 Å². The van der Waals surface area contributed by atoms with Gasteiger partial charge in [0.1, 0.15) is 16.9 Å². The van der Waals surface area contributed by atoms with Crippen LogP contribution in [0.15, 0.2) is 28.9 Å². The molecule has 1 amide bonds. The number of rotatable bonds is 2. The summed E-state index contributed by atoms with van der Waals surface area (Å²) in [5.74, 6) is 0.757. The van der Waals surface area contributed by atoms with Crippen LogP contribution >= 0.6 is 11.6 Å². The first kappa shape index (κ1) is 20.5. The number of aryl methyl sites for hydroxylation is 1. The topological polar surface area (TPSA) is 76.6 Å². The normalized spacial score (nSPS) is 17.6. The Bertz CT molecular complexity index is 1080. The zero-order valence-corrected chi connectivity index (χ0v) is 18.6.